The van der Waals surface area contributed by atoms with Gasteiger partial charge in [-0.2, -0.15) is 0 Å². The third-order valence-electron chi connectivity index (χ3n) is 5.26. The van der Waals surface area contributed by atoms with Crippen LogP contribution < -0.4 is 5.32 Å². The van der Waals surface area contributed by atoms with Crippen molar-refractivity contribution in [2.75, 3.05) is 18.1 Å². The van der Waals surface area contributed by atoms with E-state index in [0.29, 0.717) is 0 Å². The summed E-state index contributed by atoms with van der Waals surface area (Å²) in [5, 5.41) is 3.74. The lowest BCUT2D eigenvalue weighted by Gasteiger charge is -2.54. The lowest BCUT2D eigenvalue weighted by molar-refractivity contribution is -0.0128. The molecule has 0 aliphatic heterocycles. The Morgan fingerprint density at radius 2 is 1.65 bits per heavy atom. The minimum atomic E-state index is -0.598. The highest BCUT2D eigenvalue weighted by Crippen LogP contribution is 2.53. The van der Waals surface area contributed by atoms with Gasteiger partial charge in [0, 0.05) is 34.9 Å². The van der Waals surface area contributed by atoms with Crippen molar-refractivity contribution in [2.24, 2.45) is 23.7 Å². The topological polar surface area (TPSA) is 29.1 Å². The van der Waals surface area contributed by atoms with E-state index in [1.807, 2.05) is 6.92 Å². The van der Waals surface area contributed by atoms with Gasteiger partial charge in [0.15, 0.2) is 0 Å². The Bertz CT molecular complexity index is 277. The summed E-state index contributed by atoms with van der Waals surface area (Å²) in [6, 6.07) is 0.761. The molecule has 98 valence electrons. The van der Waals surface area contributed by atoms with Crippen molar-refractivity contribution in [1.82, 2.24) is 5.32 Å². The minimum Gasteiger partial charge on any atom is -0.313 e. The summed E-state index contributed by atoms with van der Waals surface area (Å²) in [6.45, 7) is 2.98. The molecule has 0 aromatic heterocycles. The van der Waals surface area contributed by atoms with Crippen LogP contribution in [0.15, 0.2) is 0 Å². The van der Waals surface area contributed by atoms with Gasteiger partial charge in [0.1, 0.15) is 0 Å². The first-order valence-electron chi connectivity index (χ1n) is 7.34. The van der Waals surface area contributed by atoms with Gasteiger partial charge in [-0.3, -0.25) is 4.21 Å². The van der Waals surface area contributed by atoms with Crippen LogP contribution in [-0.2, 0) is 10.8 Å². The molecule has 4 rings (SSSR count). The van der Waals surface area contributed by atoms with Crippen molar-refractivity contribution in [3.8, 4) is 0 Å². The standard InChI is InChI=1S/C14H25NOS/c1-2-17(16)4-3-15-14-12-6-10-5-11(8-12)9-13(14)7-10/h10-15H,2-9H2,1H3. The van der Waals surface area contributed by atoms with Gasteiger partial charge in [-0.25, -0.2) is 0 Å². The zero-order valence-corrected chi connectivity index (χ0v) is 11.7. The molecular weight excluding hydrogens is 230 g/mol. The summed E-state index contributed by atoms with van der Waals surface area (Å²) in [5.74, 6) is 5.66. The van der Waals surface area contributed by atoms with Crippen LogP contribution in [0.2, 0.25) is 0 Å². The third-order valence-corrected chi connectivity index (χ3v) is 6.56. The number of nitrogens with one attached hydrogen (secondary N) is 1. The Balaban J connectivity index is 1.52. The molecular formula is C14H25NOS. The van der Waals surface area contributed by atoms with Crippen LogP contribution in [0.1, 0.15) is 39.0 Å². The SMILES string of the molecule is CCS(=O)CCNC1C2CC3CC(C2)CC1C3. The van der Waals surface area contributed by atoms with Crippen LogP contribution in [0, 0.1) is 23.7 Å². The van der Waals surface area contributed by atoms with Crippen LogP contribution in [0.4, 0.5) is 0 Å². The first kappa shape index (κ1) is 12.2. The molecule has 0 spiro atoms. The van der Waals surface area contributed by atoms with Crippen LogP contribution in [0.5, 0.6) is 0 Å². The van der Waals surface area contributed by atoms with Gasteiger partial charge in [0.25, 0.3) is 0 Å². The van der Waals surface area contributed by atoms with Crippen LogP contribution in [0.3, 0.4) is 0 Å². The fraction of sp³-hybridized carbons (Fsp3) is 1.00. The highest BCUT2D eigenvalue weighted by Gasteiger charge is 2.47. The maximum atomic E-state index is 11.4. The smallest absolute Gasteiger partial charge is 0.0360 e. The van der Waals surface area contributed by atoms with Crippen LogP contribution >= 0.6 is 0 Å². The molecule has 0 aromatic rings. The molecule has 3 heteroatoms. The molecule has 1 unspecified atom stereocenters. The molecule has 4 aliphatic carbocycles. The summed E-state index contributed by atoms with van der Waals surface area (Å²) < 4.78 is 11.4. The van der Waals surface area contributed by atoms with Crippen molar-refractivity contribution in [3.63, 3.8) is 0 Å². The maximum absolute atomic E-state index is 11.4. The van der Waals surface area contributed by atoms with E-state index in [1.165, 1.54) is 32.1 Å². The molecule has 0 heterocycles. The maximum Gasteiger partial charge on any atom is 0.0360 e. The summed E-state index contributed by atoms with van der Waals surface area (Å²) in [7, 11) is -0.598. The predicted octanol–water partition coefficient (Wildman–Crippen LogP) is 2.17. The molecule has 4 aliphatic rings. The van der Waals surface area contributed by atoms with Gasteiger partial charge in [-0.15, -0.1) is 0 Å². The van der Waals surface area contributed by atoms with Crippen molar-refractivity contribution in [3.05, 3.63) is 0 Å². The summed E-state index contributed by atoms with van der Waals surface area (Å²) in [5.41, 5.74) is 0. The number of hydrogen-bond donors (Lipinski definition) is 1. The Morgan fingerprint density at radius 1 is 1.06 bits per heavy atom. The van der Waals surface area contributed by atoms with Crippen molar-refractivity contribution >= 4 is 10.8 Å². The van der Waals surface area contributed by atoms with E-state index in [4.69, 9.17) is 0 Å². The molecule has 0 amide bonds. The highest BCUT2D eigenvalue weighted by molar-refractivity contribution is 7.84. The van der Waals surface area contributed by atoms with Crippen molar-refractivity contribution < 1.29 is 4.21 Å². The van der Waals surface area contributed by atoms with Gasteiger partial charge >= 0.3 is 0 Å². The Labute approximate surface area is 107 Å². The second kappa shape index (κ2) is 5.00. The third kappa shape index (κ3) is 2.46. The van der Waals surface area contributed by atoms with E-state index in [2.05, 4.69) is 5.32 Å². The molecule has 1 atom stereocenters. The van der Waals surface area contributed by atoms with Crippen LogP contribution in [-0.4, -0.2) is 28.3 Å². The van der Waals surface area contributed by atoms with E-state index in [1.54, 1.807) is 0 Å². The highest BCUT2D eigenvalue weighted by atomic mass is 32.2. The fourth-order valence-electron chi connectivity index (χ4n) is 4.74. The fourth-order valence-corrected chi connectivity index (χ4v) is 5.38. The quantitative estimate of drug-likeness (QED) is 0.816. The first-order chi connectivity index (χ1) is 8.26. The summed E-state index contributed by atoms with van der Waals surface area (Å²) in [4.78, 5) is 0. The Morgan fingerprint density at radius 3 is 2.18 bits per heavy atom. The van der Waals surface area contributed by atoms with E-state index in [0.717, 1.165) is 47.8 Å². The molecule has 4 saturated carbocycles. The normalized spacial score (nSPS) is 45.1. The second-order valence-corrected chi connectivity index (χ2v) is 8.21. The summed E-state index contributed by atoms with van der Waals surface area (Å²) in [6.07, 6.45) is 7.42. The number of rotatable bonds is 5. The van der Waals surface area contributed by atoms with E-state index >= 15 is 0 Å². The lowest BCUT2D eigenvalue weighted by Crippen LogP contribution is -2.55. The van der Waals surface area contributed by atoms with E-state index < -0.39 is 10.8 Å². The molecule has 2 nitrogen and oxygen atoms in total. The minimum absolute atomic E-state index is 0.598. The average Bonchev–Trinajstić information content (AvgIpc) is 2.31. The van der Waals surface area contributed by atoms with Crippen molar-refractivity contribution in [1.29, 1.82) is 0 Å². The lowest BCUT2D eigenvalue weighted by atomic mass is 9.54. The zero-order valence-electron chi connectivity index (χ0n) is 10.9. The molecule has 4 fully saturated rings. The van der Waals surface area contributed by atoms with E-state index in [-0.39, 0.29) is 0 Å². The molecule has 17 heavy (non-hydrogen) atoms. The Hall–Kier alpha value is 0.110. The molecule has 0 aromatic carbocycles. The zero-order chi connectivity index (χ0) is 11.8. The average molecular weight is 255 g/mol. The molecule has 1 N–H and O–H groups in total. The largest absolute Gasteiger partial charge is 0.313 e. The van der Waals surface area contributed by atoms with E-state index in [9.17, 15) is 4.21 Å². The monoisotopic (exact) mass is 255 g/mol. The summed E-state index contributed by atoms with van der Waals surface area (Å²) >= 11 is 0. The van der Waals surface area contributed by atoms with Gasteiger partial charge in [0.05, 0.1) is 0 Å². The molecule has 0 radical (unpaired) electrons. The molecule has 0 saturated heterocycles. The van der Waals surface area contributed by atoms with Gasteiger partial charge in [-0.1, -0.05) is 6.92 Å². The van der Waals surface area contributed by atoms with Gasteiger partial charge < -0.3 is 5.32 Å². The van der Waals surface area contributed by atoms with Gasteiger partial charge in [-0.05, 0) is 55.8 Å². The van der Waals surface area contributed by atoms with Gasteiger partial charge in [0.2, 0.25) is 0 Å². The Kier molecular flexibility index (Phi) is 3.58. The molecule has 4 bridgehead atoms. The number of hydrogen-bond acceptors (Lipinski definition) is 2. The second-order valence-electron chi connectivity index (χ2n) is 6.34. The van der Waals surface area contributed by atoms with Crippen LogP contribution in [0.25, 0.3) is 0 Å². The van der Waals surface area contributed by atoms with Crippen molar-refractivity contribution in [2.45, 2.75) is 45.1 Å². The first-order valence-corrected chi connectivity index (χ1v) is 8.83. The predicted molar refractivity (Wildman–Crippen MR) is 72.4 cm³/mol.